The monoisotopic (exact) mass is 1790 g/mol. The van der Waals surface area contributed by atoms with Crippen LogP contribution in [0.15, 0.2) is 137 Å². The molecule has 13 rings (SSSR count). The fourth-order valence-electron chi connectivity index (χ4n) is 10.7. The first-order valence-corrected chi connectivity index (χ1v) is 34.2. The van der Waals surface area contributed by atoms with Crippen molar-refractivity contribution in [3.05, 3.63) is 251 Å². The molecule has 0 bridgehead atoms. The minimum atomic E-state index is -1.52. The Balaban J connectivity index is 0.000000249. The SMILES string of the molecule is CO.COc1cc(OC)c([N+](=O)[O-])c(-n2cc(C)nc2-c2cnccc2C)c1.COc1cc(OC)c([N+](=O)[O-])c(-n2cc(C)nc2Br)c1.COc1cc(OC)c2nc(C)c3c(C)nc(-c4cnccc4C)n3c2c1.Cc1cn(-c2cc(F)cc(F)c2[N+](=O)[O-])c(Br)n1.Cc1cnc(Br)[nH]1.O=[N+]([O-])c1c(F)cc(F)cc1F.[K+].[OH-]. The van der Waals surface area contributed by atoms with E-state index in [-0.39, 0.29) is 102 Å². The summed E-state index contributed by atoms with van der Waals surface area (Å²) in [6.07, 6.45) is 13.7. The zero-order valence-electron chi connectivity index (χ0n) is 62.8. The van der Waals surface area contributed by atoms with Gasteiger partial charge in [-0.1, -0.05) is 0 Å². The molecular weight excluding hydrogens is 1720 g/mol. The molecule has 13 aromatic rings. The van der Waals surface area contributed by atoms with Crippen molar-refractivity contribution >= 4 is 87.1 Å². The number of aliphatic hydroxyl groups excluding tert-OH is 1. The standard InChI is InChI=1S/C20H20N4O2.C18H18N4O4.C12H12BrN3O4.C10H6BrF2N3O2.C6H2F3NO2.C4H5BrN2.CH4O.K.H2O/c1-11-6-7-21-10-15(11)20-23-13(3)19-12(2)22-18-16(24(19)20)8-14(25-4)9-17(18)26-5;1-11-5-6-19-9-14(11)18-20-12(2)10-21(18)15-7-13(25-3)8-16(26-4)17(15)22(23)24;1-7-6-15(12(13)14-7)9-4-8(19-2)5-10(20-3)11(9)16(17)18;1-5-4-15(10(11)14-5)8-3-6(12)2-7(13)9(8)16(17)18;7-3-1-4(8)6(10(11)12)5(9)2-3;1-3-2-6-4(5)7-3;1-2;;/h6-10H,1-5H3;5-10H,1-4H3;4-6H,1-3H3;2-4H,1H3;1-2H;2H,1H3,(H,6,7);2H,1H3;;1H2/q;;;;;;;+1;/p-1. The van der Waals surface area contributed by atoms with Gasteiger partial charge in [-0.2, -0.15) is 13.2 Å². The van der Waals surface area contributed by atoms with Crippen molar-refractivity contribution < 1.29 is 132 Å². The van der Waals surface area contributed by atoms with Crippen LogP contribution in [0.1, 0.15) is 45.3 Å². The Bertz CT molecular complexity index is 5580. The summed E-state index contributed by atoms with van der Waals surface area (Å²) < 4.78 is 104. The minimum Gasteiger partial charge on any atom is -0.870 e. The summed E-state index contributed by atoms with van der Waals surface area (Å²) in [5, 5.41) is 50.9. The molecule has 0 aliphatic rings. The molecule has 113 heavy (non-hydrogen) atoms. The Labute approximate surface area is 706 Å². The first-order valence-electron chi connectivity index (χ1n) is 31.8. The molecule has 590 valence electrons. The summed E-state index contributed by atoms with van der Waals surface area (Å²) in [5.41, 5.74) is 9.40. The number of nitro benzene ring substituents is 4. The summed E-state index contributed by atoms with van der Waals surface area (Å²) in [6.45, 7) is 15.2. The summed E-state index contributed by atoms with van der Waals surface area (Å²) >= 11 is 9.51. The number of imidazole rings is 5. The molecule has 0 atom stereocenters. The predicted molar refractivity (Wildman–Crippen MR) is 409 cm³/mol. The Morgan fingerprint density at radius 1 is 0.460 bits per heavy atom. The van der Waals surface area contributed by atoms with Crippen molar-refractivity contribution in [2.45, 2.75) is 55.4 Å². The molecule has 0 fully saturated rings. The van der Waals surface area contributed by atoms with Crippen LogP contribution in [0, 0.1) is 125 Å². The van der Waals surface area contributed by atoms with Crippen molar-refractivity contribution in [2.75, 3.05) is 49.8 Å². The normalized spacial score (nSPS) is 10.3. The minimum absolute atomic E-state index is 0. The Hall–Kier alpha value is -10.8. The number of rotatable bonds is 15. The first-order chi connectivity index (χ1) is 52.7. The largest absolute Gasteiger partial charge is 1.00 e. The van der Waals surface area contributed by atoms with Gasteiger partial charge in [0, 0.05) is 134 Å². The number of aryl methyl sites for hydroxylation is 8. The van der Waals surface area contributed by atoms with Crippen LogP contribution in [0.5, 0.6) is 34.5 Å². The van der Waals surface area contributed by atoms with Gasteiger partial charge in [-0.05, 0) is 126 Å². The number of H-pyrrole nitrogens is 1. The van der Waals surface area contributed by atoms with Gasteiger partial charge in [-0.25, -0.2) is 38.7 Å². The fourth-order valence-corrected chi connectivity index (χ4v) is 12.2. The van der Waals surface area contributed by atoms with E-state index in [4.69, 9.17) is 43.5 Å². The second-order valence-electron chi connectivity index (χ2n) is 22.9. The topological polar surface area (TPSA) is 416 Å². The van der Waals surface area contributed by atoms with Gasteiger partial charge in [0.1, 0.15) is 68.9 Å². The molecule has 3 N–H and O–H groups in total. The molecule has 8 aromatic heterocycles. The number of pyridine rings is 2. The van der Waals surface area contributed by atoms with Crippen LogP contribution in [0.4, 0.5) is 44.7 Å². The maximum atomic E-state index is 13.5. The van der Waals surface area contributed by atoms with E-state index in [0.717, 1.165) is 91.0 Å². The third-order valence-corrected chi connectivity index (χ3v) is 17.0. The second kappa shape index (κ2) is 41.6. The van der Waals surface area contributed by atoms with Crippen molar-refractivity contribution in [3.8, 4) is 74.3 Å². The van der Waals surface area contributed by atoms with Gasteiger partial charge in [-0.3, -0.25) is 68.5 Å². The number of hydrogen-bond acceptors (Lipinski definition) is 24. The molecule has 42 heteroatoms. The number of halogens is 8. The van der Waals surface area contributed by atoms with E-state index in [1.54, 1.807) is 86.5 Å². The molecule has 0 amide bonds. The van der Waals surface area contributed by atoms with Crippen LogP contribution in [0.25, 0.3) is 56.4 Å². The first kappa shape index (κ1) is 92.8. The van der Waals surface area contributed by atoms with Crippen molar-refractivity contribution in [1.82, 2.24) is 63.0 Å². The molecule has 0 unspecified atom stereocenters. The average molecular weight is 1790 g/mol. The van der Waals surface area contributed by atoms with Gasteiger partial charge in [0.15, 0.2) is 14.2 Å². The number of aliphatic hydroxyl groups is 1. The molecule has 0 aliphatic carbocycles. The quantitative estimate of drug-likeness (QED) is 0.0416. The van der Waals surface area contributed by atoms with E-state index in [2.05, 4.69) is 94.0 Å². The zero-order chi connectivity index (χ0) is 82.2. The van der Waals surface area contributed by atoms with E-state index in [1.165, 1.54) is 51.3 Å². The molecule has 0 spiro atoms. The third kappa shape index (κ3) is 22.1. The van der Waals surface area contributed by atoms with Gasteiger partial charge in [0.05, 0.1) is 102 Å². The Morgan fingerprint density at radius 2 is 0.850 bits per heavy atom. The summed E-state index contributed by atoms with van der Waals surface area (Å²) in [7, 11) is 10.0. The predicted octanol–water partition coefficient (Wildman–Crippen LogP) is 13.3. The molecule has 0 saturated heterocycles. The second-order valence-corrected chi connectivity index (χ2v) is 25.0. The van der Waals surface area contributed by atoms with Crippen LogP contribution in [-0.4, -0.2) is 143 Å². The van der Waals surface area contributed by atoms with E-state index in [9.17, 15) is 62.4 Å². The molecule has 0 aliphatic heterocycles. The number of nitro groups is 4. The van der Waals surface area contributed by atoms with Gasteiger partial charge in [-0.15, -0.1) is 0 Å². The molecule has 0 radical (unpaired) electrons. The third-order valence-electron chi connectivity index (χ3n) is 15.5. The summed E-state index contributed by atoms with van der Waals surface area (Å²) in [5.74, 6) is -2.41. The van der Waals surface area contributed by atoms with Crippen molar-refractivity contribution in [1.29, 1.82) is 0 Å². The average Bonchev–Trinajstić information content (AvgIpc) is 1.63. The molecule has 33 nitrogen and oxygen atoms in total. The van der Waals surface area contributed by atoms with E-state index < -0.39 is 60.2 Å². The van der Waals surface area contributed by atoms with Gasteiger partial charge < -0.3 is 44.0 Å². The number of methoxy groups -OCH3 is 6. The smallest absolute Gasteiger partial charge is 0.870 e. The summed E-state index contributed by atoms with van der Waals surface area (Å²) in [4.78, 5) is 78.3. The van der Waals surface area contributed by atoms with Crippen LogP contribution in [0.3, 0.4) is 0 Å². The van der Waals surface area contributed by atoms with Gasteiger partial charge in [0.25, 0.3) is 0 Å². The zero-order valence-corrected chi connectivity index (χ0v) is 70.7. The van der Waals surface area contributed by atoms with E-state index >= 15 is 0 Å². The maximum Gasteiger partial charge on any atom is 1.00 e. The molecule has 8 heterocycles. The number of ether oxygens (including phenoxy) is 6. The van der Waals surface area contributed by atoms with Gasteiger partial charge in [0.2, 0.25) is 29.0 Å². The van der Waals surface area contributed by atoms with Crippen molar-refractivity contribution in [3.63, 3.8) is 0 Å². The summed E-state index contributed by atoms with van der Waals surface area (Å²) in [6, 6.07) is 15.6. The van der Waals surface area contributed by atoms with Gasteiger partial charge >= 0.3 is 74.1 Å². The fraction of sp³-hybridized carbons (Fsp3) is 0.211. The van der Waals surface area contributed by atoms with Crippen LogP contribution in [0.2, 0.25) is 0 Å². The number of aromatic amines is 1. The van der Waals surface area contributed by atoms with Crippen LogP contribution >= 0.6 is 47.8 Å². The maximum absolute atomic E-state index is 13.5. The number of fused-ring (bicyclic) bond motifs is 3. The van der Waals surface area contributed by atoms with E-state index in [1.807, 2.05) is 65.1 Å². The van der Waals surface area contributed by atoms with Crippen LogP contribution < -0.4 is 79.8 Å². The molecule has 0 saturated carbocycles. The van der Waals surface area contributed by atoms with Crippen molar-refractivity contribution in [2.24, 2.45) is 0 Å². The Kier molecular flexibility index (Phi) is 34.2. The number of benzene rings is 5. The number of nitrogens with one attached hydrogen (secondary N) is 1. The van der Waals surface area contributed by atoms with E-state index in [0.29, 0.717) is 56.7 Å². The molecule has 5 aromatic carbocycles. The molecular formula is C71H68Br3F5KN17O16. The Morgan fingerprint density at radius 3 is 1.24 bits per heavy atom. The van der Waals surface area contributed by atoms with Crippen LogP contribution in [-0.2, 0) is 0 Å². The number of nitrogens with zero attached hydrogens (tertiary/aromatic N) is 16. The number of aromatic nitrogens is 13. The number of hydrogen-bond donors (Lipinski definition) is 2.